The Hall–Kier alpha value is -1.85. The molecule has 1 aromatic carbocycles. The molecule has 5 heteroatoms. The third kappa shape index (κ3) is 5.55. The largest absolute Gasteiger partial charge is 0.508 e. The van der Waals surface area contributed by atoms with Gasteiger partial charge in [-0.3, -0.25) is 0 Å². The summed E-state index contributed by atoms with van der Waals surface area (Å²) in [6, 6.07) is 4.93. The number of allylic oxidation sites excluding steroid dienone is 4. The van der Waals surface area contributed by atoms with E-state index in [0.29, 0.717) is 24.8 Å². The van der Waals surface area contributed by atoms with Gasteiger partial charge in [0.05, 0.1) is 11.2 Å². The number of hydrogen-bond acceptors (Lipinski definition) is 4. The lowest BCUT2D eigenvalue weighted by Gasteiger charge is -2.33. The van der Waals surface area contributed by atoms with Gasteiger partial charge < -0.3 is 14.9 Å². The molecule has 4 atom stereocenters. The van der Waals surface area contributed by atoms with Crippen LogP contribution >= 0.6 is 15.9 Å². The maximum atomic E-state index is 12.9. The minimum Gasteiger partial charge on any atom is -0.508 e. The number of aliphatic hydroxyl groups is 1. The van der Waals surface area contributed by atoms with Crippen molar-refractivity contribution in [2.24, 2.45) is 5.92 Å². The molecule has 0 aromatic heterocycles. The summed E-state index contributed by atoms with van der Waals surface area (Å²) in [5, 5.41) is 21.7. The molecular weight excluding hydrogens is 468 g/mol. The van der Waals surface area contributed by atoms with Crippen LogP contribution < -0.4 is 0 Å². The molecule has 0 radical (unpaired) electrons. The average Bonchev–Trinajstić information content (AvgIpc) is 2.73. The highest BCUT2D eigenvalue weighted by atomic mass is 79.9. The number of carbonyl (C=O) groups is 1. The monoisotopic (exact) mass is 502 g/mol. The molecule has 32 heavy (non-hydrogen) atoms. The summed E-state index contributed by atoms with van der Waals surface area (Å²) in [4.78, 5) is 12.8. The van der Waals surface area contributed by atoms with Crippen molar-refractivity contribution in [1.82, 2.24) is 0 Å². The summed E-state index contributed by atoms with van der Waals surface area (Å²) >= 11 is 3.74. The van der Waals surface area contributed by atoms with Gasteiger partial charge in [-0.15, -0.1) is 0 Å². The van der Waals surface area contributed by atoms with Crippen LogP contribution in [0.5, 0.6) is 5.75 Å². The fourth-order valence-corrected chi connectivity index (χ4v) is 5.20. The van der Waals surface area contributed by atoms with E-state index in [9.17, 15) is 15.0 Å². The van der Waals surface area contributed by atoms with Crippen LogP contribution in [0.25, 0.3) is 0 Å². The lowest BCUT2D eigenvalue weighted by atomic mass is 9.76. The minimum absolute atomic E-state index is 0.0904. The van der Waals surface area contributed by atoms with Crippen LogP contribution in [0, 0.1) is 5.92 Å². The molecule has 0 spiro atoms. The molecule has 4 nitrogen and oxygen atoms in total. The Morgan fingerprint density at radius 1 is 1.25 bits per heavy atom. The Morgan fingerprint density at radius 3 is 2.66 bits per heavy atom. The van der Waals surface area contributed by atoms with Crippen LogP contribution in [0.2, 0.25) is 0 Å². The molecule has 2 bridgehead atoms. The van der Waals surface area contributed by atoms with Crippen LogP contribution in [-0.2, 0) is 11.2 Å². The Kier molecular flexibility index (Phi) is 7.72. The Bertz CT molecular complexity index is 956. The number of ether oxygens (including phenoxy) is 1. The van der Waals surface area contributed by atoms with E-state index in [-0.39, 0.29) is 16.5 Å². The van der Waals surface area contributed by atoms with Crippen LogP contribution in [0.1, 0.15) is 75.7 Å². The zero-order valence-corrected chi connectivity index (χ0v) is 21.2. The first-order valence-corrected chi connectivity index (χ1v) is 12.3. The number of fused-ring (bicyclic) bond motifs is 3. The first-order valence-electron chi connectivity index (χ1n) is 11.4. The zero-order chi connectivity index (χ0) is 23.6. The number of phenols is 1. The number of esters is 1. The van der Waals surface area contributed by atoms with E-state index in [0.717, 1.165) is 30.4 Å². The molecular formula is C27H35BrO4. The highest BCUT2D eigenvalue weighted by Gasteiger charge is 2.33. The Morgan fingerprint density at radius 2 is 1.97 bits per heavy atom. The van der Waals surface area contributed by atoms with Gasteiger partial charge >= 0.3 is 5.97 Å². The molecule has 3 rings (SSSR count). The topological polar surface area (TPSA) is 66.8 Å². The summed E-state index contributed by atoms with van der Waals surface area (Å²) in [6.07, 6.45) is 5.98. The fraction of sp³-hybridized carbons (Fsp3) is 0.519. The Labute approximate surface area is 200 Å². The van der Waals surface area contributed by atoms with Gasteiger partial charge in [0, 0.05) is 10.7 Å². The third-order valence-corrected chi connectivity index (χ3v) is 8.48. The number of benzene rings is 1. The van der Waals surface area contributed by atoms with Gasteiger partial charge in [-0.2, -0.15) is 0 Å². The van der Waals surface area contributed by atoms with E-state index >= 15 is 0 Å². The number of carbonyl (C=O) groups excluding carboxylic acids is 1. The van der Waals surface area contributed by atoms with Crippen LogP contribution in [0.4, 0.5) is 0 Å². The van der Waals surface area contributed by atoms with E-state index in [4.69, 9.17) is 4.74 Å². The van der Waals surface area contributed by atoms with Crippen molar-refractivity contribution < 1.29 is 19.7 Å². The minimum atomic E-state index is -0.943. The smallest absolute Gasteiger partial charge is 0.338 e. The highest BCUT2D eigenvalue weighted by Crippen LogP contribution is 2.39. The second-order valence-corrected chi connectivity index (χ2v) is 10.8. The average molecular weight is 503 g/mol. The van der Waals surface area contributed by atoms with E-state index in [1.165, 1.54) is 16.7 Å². The number of rotatable bonds is 1. The number of aromatic hydroxyl groups is 1. The summed E-state index contributed by atoms with van der Waals surface area (Å²) < 4.78 is 5.77. The molecule has 0 fully saturated rings. The van der Waals surface area contributed by atoms with Crippen molar-refractivity contribution in [1.29, 1.82) is 0 Å². The van der Waals surface area contributed by atoms with Gasteiger partial charge in [-0.25, -0.2) is 4.79 Å². The quantitative estimate of drug-likeness (QED) is 0.264. The third-order valence-electron chi connectivity index (χ3n) is 7.04. The van der Waals surface area contributed by atoms with E-state index in [2.05, 4.69) is 42.4 Å². The van der Waals surface area contributed by atoms with Crippen molar-refractivity contribution in [3.05, 3.63) is 64.3 Å². The van der Waals surface area contributed by atoms with Gasteiger partial charge in [0.25, 0.3) is 0 Å². The van der Waals surface area contributed by atoms with Gasteiger partial charge in [-0.05, 0) is 95.6 Å². The number of alkyl halides is 1. The lowest BCUT2D eigenvalue weighted by Crippen LogP contribution is -2.37. The maximum Gasteiger partial charge on any atom is 0.338 e. The summed E-state index contributed by atoms with van der Waals surface area (Å²) in [7, 11) is 0. The second kappa shape index (κ2) is 9.96. The first-order chi connectivity index (χ1) is 15.0. The first kappa shape index (κ1) is 24.8. The molecule has 0 unspecified atom stereocenters. The van der Waals surface area contributed by atoms with Gasteiger partial charge in [0.15, 0.2) is 0 Å². The summed E-state index contributed by atoms with van der Waals surface area (Å²) in [6.45, 7) is 12.0. The summed E-state index contributed by atoms with van der Waals surface area (Å²) in [5.74, 6) is 0.00362. The molecule has 1 aromatic rings. The molecule has 0 saturated carbocycles. The molecule has 2 aliphatic rings. The molecule has 1 heterocycles. The van der Waals surface area contributed by atoms with Gasteiger partial charge in [-0.1, -0.05) is 45.3 Å². The lowest BCUT2D eigenvalue weighted by molar-refractivity contribution is 0.0150. The van der Waals surface area contributed by atoms with Crippen LogP contribution in [-0.4, -0.2) is 32.7 Å². The van der Waals surface area contributed by atoms with Gasteiger partial charge in [0.1, 0.15) is 11.9 Å². The molecule has 1 aliphatic heterocycles. The van der Waals surface area contributed by atoms with Crippen molar-refractivity contribution in [3.8, 4) is 5.75 Å². The number of cyclic esters (lactones) is 1. The molecule has 0 saturated heterocycles. The maximum absolute atomic E-state index is 12.9. The van der Waals surface area contributed by atoms with Crippen LogP contribution in [0.3, 0.4) is 0 Å². The number of hydrogen-bond donors (Lipinski definition) is 2. The van der Waals surface area contributed by atoms with Crippen molar-refractivity contribution in [2.45, 2.75) is 82.8 Å². The number of phenolic OH excluding ortho intramolecular Hbond substituents is 1. The van der Waals surface area contributed by atoms with E-state index in [1.807, 2.05) is 13.8 Å². The molecule has 0 amide bonds. The SMILES string of the molecule is C=C(C)[C@@H]1CC[C@](C)(O)[C@H](Br)CC[C@@H]2C(C)=CCC(C)=C2Cc2cc(ccc2O)C(=O)O1. The number of halogens is 1. The standard InChI is InChI=1S/C27H35BrO4/c1-16(2)24-12-13-27(5,31)25(28)11-9-21-17(3)6-7-18(4)22(21)15-20-14-19(26(30)32-24)8-10-23(20)29/h6,8,10,14,21,24-25,29,31H,1,7,9,11-13,15H2,2-5H3/t21-,24+,25-,27+/m1/s1. The highest BCUT2D eigenvalue weighted by molar-refractivity contribution is 9.09. The fourth-order valence-electron chi connectivity index (χ4n) is 4.70. The molecule has 1 aliphatic carbocycles. The van der Waals surface area contributed by atoms with E-state index < -0.39 is 17.7 Å². The molecule has 174 valence electrons. The summed E-state index contributed by atoms with van der Waals surface area (Å²) in [5.41, 5.74) is 4.88. The zero-order valence-electron chi connectivity index (χ0n) is 19.6. The van der Waals surface area contributed by atoms with Crippen LogP contribution in [0.15, 0.2) is 53.1 Å². The normalized spacial score (nSPS) is 29.9. The molecule has 2 N–H and O–H groups in total. The van der Waals surface area contributed by atoms with Gasteiger partial charge in [0.2, 0.25) is 0 Å². The second-order valence-electron chi connectivity index (χ2n) is 9.71. The predicted molar refractivity (Wildman–Crippen MR) is 132 cm³/mol. The van der Waals surface area contributed by atoms with Crippen molar-refractivity contribution in [2.75, 3.05) is 0 Å². The van der Waals surface area contributed by atoms with Crippen molar-refractivity contribution in [3.63, 3.8) is 0 Å². The predicted octanol–water partition coefficient (Wildman–Crippen LogP) is 6.41. The Balaban J connectivity index is 2.03. The van der Waals surface area contributed by atoms with Crippen molar-refractivity contribution >= 4 is 21.9 Å². The van der Waals surface area contributed by atoms with E-state index in [1.54, 1.807) is 18.2 Å².